The van der Waals surface area contributed by atoms with Crippen LogP contribution in [0.1, 0.15) is 23.1 Å². The lowest BCUT2D eigenvalue weighted by Gasteiger charge is -2.33. The Hall–Kier alpha value is -3.16. The summed E-state index contributed by atoms with van der Waals surface area (Å²) in [6.07, 6.45) is 1.92. The molecule has 0 unspecified atom stereocenters. The summed E-state index contributed by atoms with van der Waals surface area (Å²) in [5.41, 5.74) is 7.15. The lowest BCUT2D eigenvalue weighted by atomic mass is 9.98. The Kier molecular flexibility index (Phi) is 4.27. The van der Waals surface area contributed by atoms with Crippen molar-refractivity contribution in [3.05, 3.63) is 77.4 Å². The van der Waals surface area contributed by atoms with Crippen molar-refractivity contribution in [3.8, 4) is 10.6 Å². The monoisotopic (exact) mass is 483 g/mol. The van der Waals surface area contributed by atoms with Crippen LogP contribution in [0, 0.1) is 6.92 Å². The van der Waals surface area contributed by atoms with Crippen molar-refractivity contribution in [2.45, 2.75) is 24.6 Å². The van der Waals surface area contributed by atoms with E-state index in [9.17, 15) is 9.59 Å². The van der Waals surface area contributed by atoms with Crippen LogP contribution >= 0.6 is 23.1 Å². The Morgan fingerprint density at radius 1 is 1.03 bits per heavy atom. The SMILES string of the molecule is Cc1ccc2nc(-c3ccc(N4C(=O)CS[C@]45C(=O)N4CCCc6cccc5c64)cc3)sc2c1. The van der Waals surface area contributed by atoms with Gasteiger partial charge in [0.15, 0.2) is 0 Å². The molecule has 5 nitrogen and oxygen atoms in total. The average molecular weight is 484 g/mol. The smallest absolute Gasteiger partial charge is 0.268 e. The van der Waals surface area contributed by atoms with Gasteiger partial charge in [-0.3, -0.25) is 14.5 Å². The molecule has 1 aromatic heterocycles. The number of hydrogen-bond donors (Lipinski definition) is 0. The van der Waals surface area contributed by atoms with Crippen LogP contribution in [0.25, 0.3) is 20.8 Å². The van der Waals surface area contributed by atoms with Crippen molar-refractivity contribution in [1.82, 2.24) is 4.98 Å². The normalized spacial score (nSPS) is 21.2. The summed E-state index contributed by atoms with van der Waals surface area (Å²) in [6.45, 7) is 2.80. The molecule has 168 valence electrons. The van der Waals surface area contributed by atoms with Crippen LogP contribution < -0.4 is 9.80 Å². The fourth-order valence-corrected chi connectivity index (χ4v) is 7.91. The first-order chi connectivity index (χ1) is 16.6. The van der Waals surface area contributed by atoms with Gasteiger partial charge in [0.2, 0.25) is 10.8 Å². The number of para-hydroxylation sites is 1. The molecule has 0 saturated carbocycles. The molecule has 7 heteroatoms. The topological polar surface area (TPSA) is 53.5 Å². The molecule has 0 N–H and O–H groups in total. The number of anilines is 2. The molecule has 3 aromatic carbocycles. The first-order valence-corrected chi connectivity index (χ1v) is 13.3. The summed E-state index contributed by atoms with van der Waals surface area (Å²) in [7, 11) is 0. The van der Waals surface area contributed by atoms with E-state index in [1.807, 2.05) is 41.3 Å². The molecule has 3 aliphatic rings. The van der Waals surface area contributed by atoms with E-state index in [1.165, 1.54) is 27.6 Å². The van der Waals surface area contributed by atoms with Gasteiger partial charge in [-0.05, 0) is 67.3 Å². The number of hydrogen-bond acceptors (Lipinski definition) is 5. The quantitative estimate of drug-likeness (QED) is 0.378. The van der Waals surface area contributed by atoms with E-state index in [4.69, 9.17) is 4.98 Å². The third-order valence-corrected chi connectivity index (χ3v) is 9.46. The van der Waals surface area contributed by atoms with Gasteiger partial charge in [-0.15, -0.1) is 23.1 Å². The molecule has 7 rings (SSSR count). The number of amides is 2. The van der Waals surface area contributed by atoms with Crippen LogP contribution in [0.4, 0.5) is 11.4 Å². The molecular formula is C27H21N3O2S2. The Morgan fingerprint density at radius 2 is 1.88 bits per heavy atom. The minimum absolute atomic E-state index is 0.0103. The minimum Gasteiger partial charge on any atom is -0.309 e. The number of aryl methyl sites for hydroxylation is 2. The number of rotatable bonds is 2. The first-order valence-electron chi connectivity index (χ1n) is 11.5. The maximum atomic E-state index is 13.9. The van der Waals surface area contributed by atoms with E-state index in [-0.39, 0.29) is 11.8 Å². The predicted octanol–water partition coefficient (Wildman–Crippen LogP) is 5.50. The number of carbonyl (C=O) groups excluding carboxylic acids is 2. The van der Waals surface area contributed by atoms with E-state index in [2.05, 4.69) is 31.2 Å². The van der Waals surface area contributed by atoms with Gasteiger partial charge in [-0.25, -0.2) is 4.98 Å². The second kappa shape index (κ2) is 7.17. The molecule has 1 fully saturated rings. The number of aromatic nitrogens is 1. The number of thiazole rings is 1. The Bertz CT molecular complexity index is 1510. The summed E-state index contributed by atoms with van der Waals surface area (Å²) in [6, 6.07) is 20.4. The van der Waals surface area contributed by atoms with Gasteiger partial charge in [0.25, 0.3) is 5.91 Å². The highest BCUT2D eigenvalue weighted by molar-refractivity contribution is 8.02. The molecule has 4 aromatic rings. The molecule has 1 atom stereocenters. The van der Waals surface area contributed by atoms with Gasteiger partial charge in [-0.1, -0.05) is 24.3 Å². The zero-order valence-electron chi connectivity index (χ0n) is 18.6. The maximum Gasteiger partial charge on any atom is 0.268 e. The van der Waals surface area contributed by atoms with E-state index >= 15 is 0 Å². The second-order valence-electron chi connectivity index (χ2n) is 9.07. The van der Waals surface area contributed by atoms with Crippen LogP contribution in [-0.2, 0) is 20.9 Å². The molecule has 0 aliphatic carbocycles. The Labute approximate surface area is 205 Å². The number of carbonyl (C=O) groups is 2. The van der Waals surface area contributed by atoms with Crippen LogP contribution in [-0.4, -0.2) is 29.1 Å². The van der Waals surface area contributed by atoms with Gasteiger partial charge in [0.05, 0.1) is 21.7 Å². The molecule has 0 radical (unpaired) electrons. The van der Waals surface area contributed by atoms with E-state index in [1.54, 1.807) is 16.2 Å². The molecule has 1 spiro atoms. The molecular weight excluding hydrogens is 462 g/mol. The summed E-state index contributed by atoms with van der Waals surface area (Å²) < 4.78 is 1.17. The minimum atomic E-state index is -1.01. The second-order valence-corrected chi connectivity index (χ2v) is 11.3. The van der Waals surface area contributed by atoms with Crippen molar-refractivity contribution in [2.24, 2.45) is 0 Å². The Balaban J connectivity index is 1.31. The Morgan fingerprint density at radius 3 is 2.74 bits per heavy atom. The van der Waals surface area contributed by atoms with Gasteiger partial charge >= 0.3 is 0 Å². The molecule has 0 bridgehead atoms. The van der Waals surface area contributed by atoms with E-state index in [0.29, 0.717) is 12.3 Å². The molecule has 1 saturated heterocycles. The third-order valence-electron chi connectivity index (χ3n) is 7.00. The number of fused-ring (bicyclic) bond motifs is 2. The fraction of sp³-hybridized carbons (Fsp3) is 0.222. The van der Waals surface area contributed by atoms with Crippen molar-refractivity contribution in [1.29, 1.82) is 0 Å². The number of nitrogens with zero attached hydrogens (tertiary/aromatic N) is 3. The zero-order chi connectivity index (χ0) is 23.0. The summed E-state index contributed by atoms with van der Waals surface area (Å²) in [4.78, 5) is 34.5. The van der Waals surface area contributed by atoms with Gasteiger partial charge in [-0.2, -0.15) is 0 Å². The van der Waals surface area contributed by atoms with Crippen LogP contribution in [0.5, 0.6) is 0 Å². The van der Waals surface area contributed by atoms with Crippen molar-refractivity contribution in [3.63, 3.8) is 0 Å². The van der Waals surface area contributed by atoms with E-state index in [0.717, 1.165) is 45.9 Å². The van der Waals surface area contributed by atoms with Crippen molar-refractivity contribution in [2.75, 3.05) is 22.1 Å². The van der Waals surface area contributed by atoms with Crippen LogP contribution in [0.3, 0.4) is 0 Å². The number of thioether (sulfide) groups is 1. The molecule has 4 heterocycles. The lowest BCUT2D eigenvalue weighted by molar-refractivity contribution is -0.123. The highest BCUT2D eigenvalue weighted by Crippen LogP contribution is 2.57. The maximum absolute atomic E-state index is 13.9. The van der Waals surface area contributed by atoms with Gasteiger partial charge in [0.1, 0.15) is 5.01 Å². The van der Waals surface area contributed by atoms with Crippen molar-refractivity contribution < 1.29 is 9.59 Å². The molecule has 34 heavy (non-hydrogen) atoms. The third kappa shape index (κ3) is 2.65. The van der Waals surface area contributed by atoms with Gasteiger partial charge < -0.3 is 4.90 Å². The first kappa shape index (κ1) is 20.2. The van der Waals surface area contributed by atoms with Crippen LogP contribution in [0.2, 0.25) is 0 Å². The standard InChI is InChI=1S/C27H21N3O2S2/c1-16-7-12-21-22(14-16)34-25(28-21)18-8-10-19(11-9-18)30-23(31)15-33-27(30)20-6-2-4-17-5-3-13-29(24(17)20)26(27)32/h2,4,6-12,14H,3,5,13,15H2,1H3/t27-/m1/s1. The molecule has 3 aliphatic heterocycles. The highest BCUT2D eigenvalue weighted by atomic mass is 32.2. The van der Waals surface area contributed by atoms with Crippen molar-refractivity contribution >= 4 is 56.5 Å². The highest BCUT2D eigenvalue weighted by Gasteiger charge is 2.61. The average Bonchev–Trinajstić information content (AvgIpc) is 3.50. The van der Waals surface area contributed by atoms with E-state index < -0.39 is 4.87 Å². The number of benzene rings is 3. The molecule has 2 amide bonds. The largest absolute Gasteiger partial charge is 0.309 e. The summed E-state index contributed by atoms with van der Waals surface area (Å²) in [5, 5.41) is 0.952. The fourth-order valence-electron chi connectivity index (χ4n) is 5.49. The summed E-state index contributed by atoms with van der Waals surface area (Å²) >= 11 is 3.12. The van der Waals surface area contributed by atoms with Gasteiger partial charge in [0, 0.05) is 23.4 Å². The lowest BCUT2D eigenvalue weighted by Crippen LogP contribution is -2.50. The predicted molar refractivity (Wildman–Crippen MR) is 139 cm³/mol. The van der Waals surface area contributed by atoms with Crippen LogP contribution in [0.15, 0.2) is 60.7 Å². The summed E-state index contributed by atoms with van der Waals surface area (Å²) in [5.74, 6) is 0.275. The zero-order valence-corrected chi connectivity index (χ0v) is 20.2.